The maximum Gasteiger partial charge on any atom is 0.289 e. The summed E-state index contributed by atoms with van der Waals surface area (Å²) in [5, 5.41) is 2.80. The van der Waals surface area contributed by atoms with Crippen molar-refractivity contribution in [1.82, 2.24) is 15.1 Å². The van der Waals surface area contributed by atoms with Crippen molar-refractivity contribution >= 4 is 23.7 Å². The molecule has 0 radical (unpaired) electrons. The summed E-state index contributed by atoms with van der Waals surface area (Å²) < 4.78 is 34.5. The summed E-state index contributed by atoms with van der Waals surface area (Å²) in [6, 6.07) is 7.76. The van der Waals surface area contributed by atoms with Crippen molar-refractivity contribution in [2.75, 3.05) is 32.7 Å². The van der Waals surface area contributed by atoms with Crippen LogP contribution in [0.2, 0.25) is 0 Å². The molecule has 4 aliphatic rings. The van der Waals surface area contributed by atoms with Crippen LogP contribution in [0, 0.1) is 11.7 Å². The summed E-state index contributed by atoms with van der Waals surface area (Å²) in [6.07, 6.45) is 3.76. The molecule has 1 aromatic heterocycles. The highest BCUT2D eigenvalue weighted by Crippen LogP contribution is 2.46. The van der Waals surface area contributed by atoms with Crippen molar-refractivity contribution in [2.45, 2.75) is 18.8 Å². The third-order valence-electron chi connectivity index (χ3n) is 7.55. The highest BCUT2D eigenvalue weighted by Gasteiger charge is 2.39. The van der Waals surface area contributed by atoms with Crippen LogP contribution in [-0.2, 0) is 4.79 Å². The number of hydrogen-bond donors (Lipinski definition) is 1. The molecule has 0 bridgehead atoms. The Bertz CT molecular complexity index is 1390. The Labute approximate surface area is 211 Å². The van der Waals surface area contributed by atoms with E-state index in [9.17, 15) is 23.2 Å². The maximum atomic E-state index is 14.8. The summed E-state index contributed by atoms with van der Waals surface area (Å²) in [6.45, 7) is 1.56. The first-order valence-electron chi connectivity index (χ1n) is 12.3. The molecule has 190 valence electrons. The molecule has 3 aliphatic heterocycles. The molecule has 1 fully saturated rings. The van der Waals surface area contributed by atoms with E-state index in [-0.39, 0.29) is 53.6 Å². The average molecular weight is 507 g/mol. The van der Waals surface area contributed by atoms with Crippen molar-refractivity contribution in [2.24, 2.45) is 10.9 Å². The van der Waals surface area contributed by atoms with Gasteiger partial charge in [0.05, 0.1) is 11.8 Å². The summed E-state index contributed by atoms with van der Waals surface area (Å²) in [7, 11) is 0. The molecule has 6 rings (SSSR count). The van der Waals surface area contributed by atoms with Gasteiger partial charge in [0.25, 0.3) is 11.8 Å². The van der Waals surface area contributed by atoms with Gasteiger partial charge in [0.15, 0.2) is 5.76 Å². The van der Waals surface area contributed by atoms with Gasteiger partial charge in [0, 0.05) is 56.0 Å². The van der Waals surface area contributed by atoms with Crippen LogP contribution >= 0.6 is 0 Å². The quantitative estimate of drug-likeness (QED) is 0.692. The van der Waals surface area contributed by atoms with Crippen molar-refractivity contribution in [3.63, 3.8) is 0 Å². The Kier molecular flexibility index (Phi) is 5.73. The minimum absolute atomic E-state index is 0.0288. The van der Waals surface area contributed by atoms with E-state index >= 15 is 0 Å². The van der Waals surface area contributed by atoms with Crippen LogP contribution in [0.5, 0.6) is 0 Å². The van der Waals surface area contributed by atoms with Crippen molar-refractivity contribution < 1.29 is 27.6 Å². The zero-order chi connectivity index (χ0) is 25.7. The smallest absolute Gasteiger partial charge is 0.289 e. The number of allylic oxidation sites excluding steroid dienone is 2. The fourth-order valence-electron chi connectivity index (χ4n) is 5.68. The number of hydrogen-bond acceptors (Lipinski definition) is 5. The standard InChI is InChI=1S/C27H24F2N4O4/c28-20-4-3-15(16-10-17-14-30-23(34)13-19-24(17)21(12-16)31-25(19)29)11-18(20)26(35)32-5-7-33(8-6-32)27(36)22-2-1-9-37-22/h1-4,9,11,13,16-17H,5-8,10,12,14H2,(H,30,34). The molecule has 0 saturated carbocycles. The number of furan rings is 1. The number of carbonyl (C=O) groups excluding carboxylic acids is 3. The summed E-state index contributed by atoms with van der Waals surface area (Å²) in [5.41, 5.74) is 2.38. The Morgan fingerprint density at radius 3 is 2.51 bits per heavy atom. The molecule has 1 aromatic carbocycles. The third-order valence-corrected chi connectivity index (χ3v) is 7.55. The molecule has 2 atom stereocenters. The molecule has 3 amide bonds. The van der Waals surface area contributed by atoms with Gasteiger partial charge in [0.2, 0.25) is 11.9 Å². The van der Waals surface area contributed by atoms with Crippen LogP contribution in [0.3, 0.4) is 0 Å². The van der Waals surface area contributed by atoms with Gasteiger partial charge in [-0.1, -0.05) is 6.07 Å². The van der Waals surface area contributed by atoms with Crippen LogP contribution in [0.15, 0.2) is 68.9 Å². The molecule has 2 aromatic rings. The second-order valence-corrected chi connectivity index (χ2v) is 9.70. The lowest BCUT2D eigenvalue weighted by Crippen LogP contribution is -2.50. The van der Waals surface area contributed by atoms with Gasteiger partial charge in [-0.05, 0) is 54.2 Å². The molecule has 10 heteroatoms. The molecule has 1 saturated heterocycles. The van der Waals surface area contributed by atoms with E-state index in [1.165, 1.54) is 18.4 Å². The third kappa shape index (κ3) is 4.16. The zero-order valence-electron chi connectivity index (χ0n) is 19.9. The van der Waals surface area contributed by atoms with Crippen LogP contribution in [0.4, 0.5) is 8.78 Å². The van der Waals surface area contributed by atoms with Crippen LogP contribution in [0.1, 0.15) is 45.2 Å². The number of amides is 3. The molecule has 1 N–H and O–H groups in total. The van der Waals surface area contributed by atoms with Crippen LogP contribution in [-0.4, -0.2) is 66.2 Å². The lowest BCUT2D eigenvalue weighted by molar-refractivity contribution is -0.116. The summed E-state index contributed by atoms with van der Waals surface area (Å²) >= 11 is 0. The van der Waals surface area contributed by atoms with E-state index < -0.39 is 17.7 Å². The van der Waals surface area contributed by atoms with Crippen LogP contribution < -0.4 is 5.32 Å². The Hall–Kier alpha value is -4.08. The monoisotopic (exact) mass is 506 g/mol. The Morgan fingerprint density at radius 2 is 1.78 bits per heavy atom. The molecular formula is C27H24F2N4O4. The number of benzene rings is 1. The van der Waals surface area contributed by atoms with E-state index in [2.05, 4.69) is 10.3 Å². The zero-order valence-corrected chi connectivity index (χ0v) is 19.9. The topological polar surface area (TPSA) is 95.2 Å². The number of piperazine rings is 1. The number of rotatable bonds is 3. The predicted molar refractivity (Wildman–Crippen MR) is 129 cm³/mol. The number of halogens is 2. The highest BCUT2D eigenvalue weighted by molar-refractivity contribution is 6.07. The van der Waals surface area contributed by atoms with Crippen LogP contribution in [0.25, 0.3) is 0 Å². The van der Waals surface area contributed by atoms with E-state index in [0.29, 0.717) is 38.2 Å². The number of aliphatic imine (C=N–C) groups is 1. The molecule has 4 heterocycles. The largest absolute Gasteiger partial charge is 0.459 e. The minimum Gasteiger partial charge on any atom is -0.459 e. The molecule has 1 aliphatic carbocycles. The van der Waals surface area contributed by atoms with Gasteiger partial charge < -0.3 is 19.5 Å². The van der Waals surface area contributed by atoms with Gasteiger partial charge in [-0.2, -0.15) is 4.39 Å². The van der Waals surface area contributed by atoms with Crippen molar-refractivity contribution in [3.05, 3.63) is 82.2 Å². The summed E-state index contributed by atoms with van der Waals surface area (Å²) in [5.74, 6) is -2.26. The maximum absolute atomic E-state index is 14.8. The molecule has 8 nitrogen and oxygen atoms in total. The fourth-order valence-corrected chi connectivity index (χ4v) is 5.68. The molecule has 2 unspecified atom stereocenters. The van der Waals surface area contributed by atoms with E-state index in [4.69, 9.17) is 4.42 Å². The number of nitrogens with zero attached hydrogens (tertiary/aromatic N) is 3. The predicted octanol–water partition coefficient (Wildman–Crippen LogP) is 3.20. The first-order valence-corrected chi connectivity index (χ1v) is 12.3. The van der Waals surface area contributed by atoms with Gasteiger partial charge in [-0.25, -0.2) is 9.38 Å². The fraction of sp³-hybridized carbons (Fsp3) is 0.333. The van der Waals surface area contributed by atoms with E-state index in [1.54, 1.807) is 34.1 Å². The lowest BCUT2D eigenvalue weighted by Gasteiger charge is -2.34. The second kappa shape index (κ2) is 9.10. The Morgan fingerprint density at radius 1 is 1.03 bits per heavy atom. The van der Waals surface area contributed by atoms with E-state index in [0.717, 1.165) is 11.1 Å². The van der Waals surface area contributed by atoms with Gasteiger partial charge in [0.1, 0.15) is 5.82 Å². The number of nitrogens with one attached hydrogen (secondary N) is 1. The van der Waals surface area contributed by atoms with Gasteiger partial charge in [-0.15, -0.1) is 0 Å². The molecular weight excluding hydrogens is 482 g/mol. The normalized spacial score (nSPS) is 23.2. The second-order valence-electron chi connectivity index (χ2n) is 9.70. The lowest BCUT2D eigenvalue weighted by atomic mass is 9.75. The highest BCUT2D eigenvalue weighted by atomic mass is 19.1. The van der Waals surface area contributed by atoms with Gasteiger partial charge >= 0.3 is 0 Å². The first-order chi connectivity index (χ1) is 17.9. The van der Waals surface area contributed by atoms with Crippen molar-refractivity contribution in [1.29, 1.82) is 0 Å². The minimum atomic E-state index is -0.646. The Balaban J connectivity index is 1.19. The molecule has 0 spiro atoms. The first kappa shape index (κ1) is 23.3. The molecule has 37 heavy (non-hydrogen) atoms. The van der Waals surface area contributed by atoms with Gasteiger partial charge in [-0.3, -0.25) is 14.4 Å². The van der Waals surface area contributed by atoms with Crippen molar-refractivity contribution in [3.8, 4) is 0 Å². The summed E-state index contributed by atoms with van der Waals surface area (Å²) in [4.78, 5) is 45.0. The van der Waals surface area contributed by atoms with E-state index in [1.807, 2.05) is 0 Å². The SMILES string of the molecule is O=C1C=C2C(F)=NC3=C2C(CN1)CC(c1ccc(F)c(C(=O)N2CCN(C(=O)c4ccco4)CC2)c1)C3. The average Bonchev–Trinajstić information content (AvgIpc) is 3.51. The number of carbonyl (C=O) groups is 3.